The minimum atomic E-state index is 0.651. The highest BCUT2D eigenvalue weighted by atomic mass is 32.1. The van der Waals surface area contributed by atoms with Gasteiger partial charge in [-0.25, -0.2) is 4.98 Å². The molecule has 1 fully saturated rings. The predicted molar refractivity (Wildman–Crippen MR) is 144 cm³/mol. The summed E-state index contributed by atoms with van der Waals surface area (Å²) in [6, 6.07) is 8.00. The first-order chi connectivity index (χ1) is 18.3. The summed E-state index contributed by atoms with van der Waals surface area (Å²) < 4.78 is 6.00. The third-order valence-electron chi connectivity index (χ3n) is 6.75. The molecule has 0 saturated carbocycles. The molecule has 7 rings (SSSR count). The SMILES string of the molecule is c1cc2[nH]c(-c3n[nH]c4cnc(-c5cncc(OCCN6CCCC6)c5)cc34)nc2c(-c2ccsc2)n1. The molecule has 184 valence electrons. The van der Waals surface area contributed by atoms with Crippen LogP contribution in [0.2, 0.25) is 0 Å². The van der Waals surface area contributed by atoms with Crippen molar-refractivity contribution in [1.82, 2.24) is 40.0 Å². The number of H-pyrrole nitrogens is 2. The van der Waals surface area contributed by atoms with E-state index in [0.717, 1.165) is 75.5 Å². The number of aromatic nitrogens is 7. The smallest absolute Gasteiger partial charge is 0.159 e. The van der Waals surface area contributed by atoms with Gasteiger partial charge in [0, 0.05) is 40.8 Å². The summed E-state index contributed by atoms with van der Waals surface area (Å²) in [4.78, 5) is 24.4. The summed E-state index contributed by atoms with van der Waals surface area (Å²) in [6.45, 7) is 3.91. The van der Waals surface area contributed by atoms with Gasteiger partial charge in [-0.1, -0.05) is 0 Å². The Balaban J connectivity index is 1.20. The zero-order chi connectivity index (χ0) is 24.6. The van der Waals surface area contributed by atoms with E-state index in [1.807, 2.05) is 23.6 Å². The van der Waals surface area contributed by atoms with Gasteiger partial charge >= 0.3 is 0 Å². The van der Waals surface area contributed by atoms with Crippen LogP contribution in [0.1, 0.15) is 12.8 Å². The monoisotopic (exact) mass is 508 g/mol. The molecule has 6 aromatic heterocycles. The van der Waals surface area contributed by atoms with Crippen LogP contribution < -0.4 is 4.74 Å². The first-order valence-corrected chi connectivity index (χ1v) is 13.3. The highest BCUT2D eigenvalue weighted by Crippen LogP contribution is 2.32. The van der Waals surface area contributed by atoms with E-state index in [1.165, 1.54) is 12.8 Å². The summed E-state index contributed by atoms with van der Waals surface area (Å²) in [6.07, 6.45) is 9.71. The number of hydrogen-bond acceptors (Lipinski definition) is 8. The molecule has 7 heterocycles. The third kappa shape index (κ3) is 4.24. The first kappa shape index (κ1) is 22.1. The average molecular weight is 509 g/mol. The number of fused-ring (bicyclic) bond motifs is 2. The normalized spacial score (nSPS) is 14.2. The molecule has 0 spiro atoms. The van der Waals surface area contributed by atoms with Gasteiger partial charge in [-0.15, -0.1) is 0 Å². The molecule has 0 unspecified atom stereocenters. The lowest BCUT2D eigenvalue weighted by atomic mass is 10.1. The number of thiophene rings is 1. The Kier molecular flexibility index (Phi) is 5.60. The van der Waals surface area contributed by atoms with Gasteiger partial charge < -0.3 is 9.72 Å². The molecule has 10 heteroatoms. The van der Waals surface area contributed by atoms with Crippen molar-refractivity contribution in [3.63, 3.8) is 0 Å². The maximum atomic E-state index is 6.00. The van der Waals surface area contributed by atoms with E-state index in [2.05, 4.69) is 46.5 Å². The van der Waals surface area contributed by atoms with Crippen LogP contribution in [0.25, 0.3) is 56.0 Å². The fourth-order valence-corrected chi connectivity index (χ4v) is 5.49. The molecular formula is C27H24N8OS. The maximum absolute atomic E-state index is 6.00. The van der Waals surface area contributed by atoms with Gasteiger partial charge in [0.2, 0.25) is 0 Å². The van der Waals surface area contributed by atoms with Gasteiger partial charge in [-0.2, -0.15) is 16.4 Å². The molecule has 37 heavy (non-hydrogen) atoms. The van der Waals surface area contributed by atoms with Gasteiger partial charge in [0.15, 0.2) is 5.82 Å². The Morgan fingerprint density at radius 2 is 1.92 bits per heavy atom. The standard InChI is InChI=1S/C27H24N8OS/c1-2-7-35(6-1)8-9-36-19-11-18(13-28-14-19)22-12-20-23(15-30-22)33-34-25(20)27-31-21-3-5-29-24(26(21)32-27)17-4-10-37-16-17/h3-5,10-16H,1-2,6-9H2,(H,31,32)(H,33,34). The minimum Gasteiger partial charge on any atom is -0.491 e. The zero-order valence-corrected chi connectivity index (χ0v) is 20.8. The molecule has 1 aliphatic heterocycles. The summed E-state index contributed by atoms with van der Waals surface area (Å²) >= 11 is 1.64. The van der Waals surface area contributed by atoms with Crippen LogP contribution in [0.4, 0.5) is 0 Å². The van der Waals surface area contributed by atoms with Crippen molar-refractivity contribution in [2.24, 2.45) is 0 Å². The molecule has 0 radical (unpaired) electrons. The fourth-order valence-electron chi connectivity index (χ4n) is 4.85. The average Bonchev–Trinajstić information content (AvgIpc) is 3.74. The number of pyridine rings is 3. The molecule has 9 nitrogen and oxygen atoms in total. The van der Waals surface area contributed by atoms with E-state index in [4.69, 9.17) is 9.72 Å². The number of hydrogen-bond donors (Lipinski definition) is 2. The van der Waals surface area contributed by atoms with Crippen LogP contribution in [0, 0.1) is 0 Å². The maximum Gasteiger partial charge on any atom is 0.159 e. The summed E-state index contributed by atoms with van der Waals surface area (Å²) in [5.74, 6) is 1.43. The largest absolute Gasteiger partial charge is 0.491 e. The number of nitrogens with one attached hydrogen (secondary N) is 2. The molecule has 1 aliphatic rings. The number of likely N-dealkylation sites (tertiary alicyclic amines) is 1. The number of aromatic amines is 2. The van der Waals surface area contributed by atoms with Crippen molar-refractivity contribution in [2.75, 3.05) is 26.2 Å². The Morgan fingerprint density at radius 1 is 0.973 bits per heavy atom. The number of nitrogens with zero attached hydrogens (tertiary/aromatic N) is 6. The molecule has 0 aromatic carbocycles. The van der Waals surface area contributed by atoms with Crippen molar-refractivity contribution in [3.05, 3.63) is 59.8 Å². The Labute approximate surface area is 216 Å². The minimum absolute atomic E-state index is 0.651. The fraction of sp³-hybridized carbons (Fsp3) is 0.222. The second kappa shape index (κ2) is 9.38. The van der Waals surface area contributed by atoms with Gasteiger partial charge in [0.1, 0.15) is 23.6 Å². The van der Waals surface area contributed by atoms with E-state index >= 15 is 0 Å². The Hall–Kier alpha value is -4.15. The van der Waals surface area contributed by atoms with Crippen LogP contribution >= 0.6 is 11.3 Å². The van der Waals surface area contributed by atoms with Crippen LogP contribution in [-0.2, 0) is 0 Å². The molecule has 0 aliphatic carbocycles. The van der Waals surface area contributed by atoms with Crippen LogP contribution in [-0.4, -0.2) is 66.3 Å². The van der Waals surface area contributed by atoms with E-state index < -0.39 is 0 Å². The molecule has 0 bridgehead atoms. The Bertz CT molecular complexity index is 1680. The summed E-state index contributed by atoms with van der Waals surface area (Å²) in [5, 5.41) is 12.7. The lowest BCUT2D eigenvalue weighted by molar-refractivity contribution is 0.237. The third-order valence-corrected chi connectivity index (χ3v) is 7.43. The first-order valence-electron chi connectivity index (χ1n) is 12.3. The zero-order valence-electron chi connectivity index (χ0n) is 20.0. The van der Waals surface area contributed by atoms with Crippen LogP contribution in [0.3, 0.4) is 0 Å². The van der Waals surface area contributed by atoms with Gasteiger partial charge in [-0.05, 0) is 55.6 Å². The quantitative estimate of drug-likeness (QED) is 0.307. The van der Waals surface area contributed by atoms with E-state index in [9.17, 15) is 0 Å². The van der Waals surface area contributed by atoms with E-state index in [0.29, 0.717) is 12.4 Å². The number of rotatable bonds is 7. The van der Waals surface area contributed by atoms with Crippen molar-refractivity contribution in [1.29, 1.82) is 0 Å². The van der Waals surface area contributed by atoms with Crippen molar-refractivity contribution in [2.45, 2.75) is 12.8 Å². The molecule has 6 aromatic rings. The van der Waals surface area contributed by atoms with E-state index in [-0.39, 0.29) is 0 Å². The highest BCUT2D eigenvalue weighted by molar-refractivity contribution is 7.08. The lowest BCUT2D eigenvalue weighted by Crippen LogP contribution is -2.25. The molecule has 2 N–H and O–H groups in total. The number of imidazole rings is 1. The highest BCUT2D eigenvalue weighted by Gasteiger charge is 2.17. The summed E-state index contributed by atoms with van der Waals surface area (Å²) in [7, 11) is 0. The van der Waals surface area contributed by atoms with Crippen molar-refractivity contribution in [3.8, 4) is 39.8 Å². The van der Waals surface area contributed by atoms with Crippen LogP contribution in [0.15, 0.2) is 59.8 Å². The predicted octanol–water partition coefficient (Wildman–Crippen LogP) is 5.16. The molecule has 0 atom stereocenters. The second-order valence-electron chi connectivity index (χ2n) is 9.15. The van der Waals surface area contributed by atoms with Crippen molar-refractivity contribution >= 4 is 33.3 Å². The van der Waals surface area contributed by atoms with E-state index in [1.54, 1.807) is 36.1 Å². The second-order valence-corrected chi connectivity index (χ2v) is 9.93. The molecular weight excluding hydrogens is 484 g/mol. The van der Waals surface area contributed by atoms with Gasteiger partial charge in [-0.3, -0.25) is 25.0 Å². The Morgan fingerprint density at radius 3 is 2.81 bits per heavy atom. The lowest BCUT2D eigenvalue weighted by Gasteiger charge is -2.15. The van der Waals surface area contributed by atoms with Gasteiger partial charge in [0.25, 0.3) is 0 Å². The number of ether oxygens (including phenoxy) is 1. The van der Waals surface area contributed by atoms with Crippen molar-refractivity contribution < 1.29 is 4.74 Å². The molecule has 1 saturated heterocycles. The van der Waals surface area contributed by atoms with Gasteiger partial charge in [0.05, 0.1) is 34.8 Å². The van der Waals surface area contributed by atoms with Crippen LogP contribution in [0.5, 0.6) is 5.75 Å². The topological polar surface area (TPSA) is 108 Å². The molecule has 0 amide bonds. The summed E-state index contributed by atoms with van der Waals surface area (Å²) in [5.41, 5.74) is 6.91.